The first-order valence-corrected chi connectivity index (χ1v) is 10.2. The van der Waals surface area contributed by atoms with Gasteiger partial charge in [0.2, 0.25) is 5.91 Å². The maximum atomic E-state index is 12.9. The second-order valence-corrected chi connectivity index (χ2v) is 7.72. The van der Waals surface area contributed by atoms with E-state index in [9.17, 15) is 14.0 Å². The summed E-state index contributed by atoms with van der Waals surface area (Å²) in [7, 11) is 0. The first-order chi connectivity index (χ1) is 13.5. The standard InChI is InChI=1S/C20H23FN4O2S/c1-2-28-19-13-15(7-8-22-19)20(27)25-11-9-24(10-12-25)14-18(26)23-17-5-3-16(21)4-6-17/h3-8,13H,2,9-12,14H2,1H3,(H,23,26). The number of hydrogen-bond acceptors (Lipinski definition) is 5. The number of pyridine rings is 1. The molecular formula is C20H23FN4O2S. The number of thioether (sulfide) groups is 1. The molecule has 0 spiro atoms. The van der Waals surface area contributed by atoms with Crippen LogP contribution in [-0.2, 0) is 4.79 Å². The lowest BCUT2D eigenvalue weighted by atomic mass is 10.2. The van der Waals surface area contributed by atoms with E-state index in [0.717, 1.165) is 10.8 Å². The highest BCUT2D eigenvalue weighted by molar-refractivity contribution is 7.99. The van der Waals surface area contributed by atoms with Crippen LogP contribution in [0.4, 0.5) is 10.1 Å². The summed E-state index contributed by atoms with van der Waals surface area (Å²) in [5, 5.41) is 3.61. The van der Waals surface area contributed by atoms with Crippen LogP contribution in [0.2, 0.25) is 0 Å². The molecule has 0 bridgehead atoms. The van der Waals surface area contributed by atoms with Gasteiger partial charge in [-0.1, -0.05) is 6.92 Å². The van der Waals surface area contributed by atoms with Crippen molar-refractivity contribution in [2.75, 3.05) is 43.8 Å². The van der Waals surface area contributed by atoms with Gasteiger partial charge in [0, 0.05) is 43.6 Å². The first kappa shape index (κ1) is 20.3. The quantitative estimate of drug-likeness (QED) is 0.753. The Bertz CT molecular complexity index is 823. The van der Waals surface area contributed by atoms with E-state index < -0.39 is 0 Å². The van der Waals surface area contributed by atoms with Gasteiger partial charge in [-0.2, -0.15) is 0 Å². The van der Waals surface area contributed by atoms with E-state index in [4.69, 9.17) is 0 Å². The van der Waals surface area contributed by atoms with E-state index in [-0.39, 0.29) is 24.2 Å². The number of halogens is 1. The van der Waals surface area contributed by atoms with Crippen molar-refractivity contribution in [1.82, 2.24) is 14.8 Å². The maximum absolute atomic E-state index is 12.9. The summed E-state index contributed by atoms with van der Waals surface area (Å²) in [4.78, 5) is 33.0. The number of carbonyl (C=O) groups excluding carboxylic acids is 2. The van der Waals surface area contributed by atoms with Crippen LogP contribution in [0.1, 0.15) is 17.3 Å². The molecule has 6 nitrogen and oxygen atoms in total. The van der Waals surface area contributed by atoms with Gasteiger partial charge in [0.25, 0.3) is 5.91 Å². The van der Waals surface area contributed by atoms with Crippen molar-refractivity contribution < 1.29 is 14.0 Å². The van der Waals surface area contributed by atoms with E-state index in [1.54, 1.807) is 24.0 Å². The van der Waals surface area contributed by atoms with Crippen LogP contribution < -0.4 is 5.32 Å². The maximum Gasteiger partial charge on any atom is 0.254 e. The van der Waals surface area contributed by atoms with E-state index >= 15 is 0 Å². The lowest BCUT2D eigenvalue weighted by molar-refractivity contribution is -0.117. The highest BCUT2D eigenvalue weighted by atomic mass is 32.2. The third kappa shape index (κ3) is 5.53. The summed E-state index contributed by atoms with van der Waals surface area (Å²) >= 11 is 1.61. The number of benzene rings is 1. The van der Waals surface area contributed by atoms with Gasteiger partial charge in [0.15, 0.2) is 0 Å². The fraction of sp³-hybridized carbons (Fsp3) is 0.350. The van der Waals surface area contributed by atoms with Crippen LogP contribution in [0, 0.1) is 5.82 Å². The molecular weight excluding hydrogens is 379 g/mol. The molecule has 1 fully saturated rings. The molecule has 3 rings (SSSR count). The average molecular weight is 402 g/mol. The predicted molar refractivity (Wildman–Crippen MR) is 108 cm³/mol. The zero-order valence-electron chi connectivity index (χ0n) is 15.7. The van der Waals surface area contributed by atoms with Gasteiger partial charge in [0.1, 0.15) is 5.82 Å². The van der Waals surface area contributed by atoms with E-state index in [2.05, 4.69) is 10.3 Å². The fourth-order valence-corrected chi connectivity index (χ4v) is 3.64. The summed E-state index contributed by atoms with van der Waals surface area (Å²) in [6.07, 6.45) is 1.67. The number of rotatable bonds is 6. The molecule has 28 heavy (non-hydrogen) atoms. The Morgan fingerprint density at radius 3 is 2.54 bits per heavy atom. The molecule has 2 heterocycles. The van der Waals surface area contributed by atoms with Gasteiger partial charge in [-0.15, -0.1) is 11.8 Å². The molecule has 0 atom stereocenters. The number of piperazine rings is 1. The third-order valence-electron chi connectivity index (χ3n) is 4.43. The van der Waals surface area contributed by atoms with Crippen LogP contribution in [0.5, 0.6) is 0 Å². The molecule has 2 aromatic rings. The molecule has 148 valence electrons. The summed E-state index contributed by atoms with van der Waals surface area (Å²) < 4.78 is 12.9. The van der Waals surface area contributed by atoms with Crippen LogP contribution in [0.25, 0.3) is 0 Å². The molecule has 0 unspecified atom stereocenters. The van der Waals surface area contributed by atoms with Gasteiger partial charge in [-0.3, -0.25) is 14.5 Å². The molecule has 1 aliphatic rings. The number of nitrogens with one attached hydrogen (secondary N) is 1. The van der Waals surface area contributed by atoms with Crippen LogP contribution in [0.3, 0.4) is 0 Å². The van der Waals surface area contributed by atoms with Crippen molar-refractivity contribution in [2.24, 2.45) is 0 Å². The smallest absolute Gasteiger partial charge is 0.254 e. The molecule has 1 aromatic carbocycles. The molecule has 1 saturated heterocycles. The van der Waals surface area contributed by atoms with Crippen molar-refractivity contribution in [2.45, 2.75) is 11.9 Å². The van der Waals surface area contributed by atoms with Crippen molar-refractivity contribution in [3.63, 3.8) is 0 Å². The second kappa shape index (κ2) is 9.66. The highest BCUT2D eigenvalue weighted by Gasteiger charge is 2.23. The van der Waals surface area contributed by atoms with Gasteiger partial charge in [-0.05, 0) is 42.2 Å². The number of carbonyl (C=O) groups is 2. The zero-order valence-corrected chi connectivity index (χ0v) is 16.5. The van der Waals surface area contributed by atoms with Crippen LogP contribution >= 0.6 is 11.8 Å². The highest BCUT2D eigenvalue weighted by Crippen LogP contribution is 2.17. The Morgan fingerprint density at radius 1 is 1.14 bits per heavy atom. The number of hydrogen-bond donors (Lipinski definition) is 1. The monoisotopic (exact) mass is 402 g/mol. The van der Waals surface area contributed by atoms with E-state index in [0.29, 0.717) is 37.4 Å². The number of amides is 2. The van der Waals surface area contributed by atoms with Gasteiger partial charge in [-0.25, -0.2) is 9.37 Å². The molecule has 0 aliphatic carbocycles. The Balaban J connectivity index is 1.48. The molecule has 1 N–H and O–H groups in total. The Labute approximate surface area is 168 Å². The first-order valence-electron chi connectivity index (χ1n) is 9.21. The van der Waals surface area contributed by atoms with Crippen molar-refractivity contribution >= 4 is 29.3 Å². The third-order valence-corrected chi connectivity index (χ3v) is 5.24. The Morgan fingerprint density at radius 2 is 1.86 bits per heavy atom. The van der Waals surface area contributed by atoms with Gasteiger partial charge in [0.05, 0.1) is 11.6 Å². The van der Waals surface area contributed by atoms with Gasteiger partial charge < -0.3 is 10.2 Å². The van der Waals surface area contributed by atoms with Crippen LogP contribution in [-0.4, -0.2) is 65.1 Å². The zero-order chi connectivity index (χ0) is 19.9. The number of nitrogens with zero attached hydrogens (tertiary/aromatic N) is 3. The minimum Gasteiger partial charge on any atom is -0.336 e. The summed E-state index contributed by atoms with van der Waals surface area (Å²) in [6, 6.07) is 9.25. The minimum atomic E-state index is -0.339. The molecule has 0 saturated carbocycles. The molecule has 2 amide bonds. The predicted octanol–water partition coefficient (Wildman–Crippen LogP) is 2.73. The van der Waals surface area contributed by atoms with Crippen molar-refractivity contribution in [3.8, 4) is 0 Å². The van der Waals surface area contributed by atoms with Crippen LogP contribution in [0.15, 0.2) is 47.6 Å². The van der Waals surface area contributed by atoms with Gasteiger partial charge >= 0.3 is 0 Å². The topological polar surface area (TPSA) is 65.5 Å². The molecule has 0 radical (unpaired) electrons. The minimum absolute atomic E-state index is 0.00392. The SMILES string of the molecule is CCSc1cc(C(=O)N2CCN(CC(=O)Nc3ccc(F)cc3)CC2)ccn1. The number of anilines is 1. The molecule has 8 heteroatoms. The summed E-state index contributed by atoms with van der Waals surface area (Å²) in [5.41, 5.74) is 1.21. The summed E-state index contributed by atoms with van der Waals surface area (Å²) in [5.74, 6) is 0.412. The lowest BCUT2D eigenvalue weighted by Crippen LogP contribution is -2.50. The Hall–Kier alpha value is -2.45. The lowest BCUT2D eigenvalue weighted by Gasteiger charge is -2.34. The largest absolute Gasteiger partial charge is 0.336 e. The van der Waals surface area contributed by atoms with Crippen molar-refractivity contribution in [3.05, 3.63) is 54.0 Å². The second-order valence-electron chi connectivity index (χ2n) is 6.44. The van der Waals surface area contributed by atoms with E-state index in [1.165, 1.54) is 24.3 Å². The normalized spacial score (nSPS) is 14.7. The average Bonchev–Trinajstić information content (AvgIpc) is 2.70. The molecule has 1 aliphatic heterocycles. The molecule has 1 aromatic heterocycles. The van der Waals surface area contributed by atoms with E-state index in [1.807, 2.05) is 22.8 Å². The summed E-state index contributed by atoms with van der Waals surface area (Å²) in [6.45, 7) is 4.69. The Kier molecular flexibility index (Phi) is 7.00. The van der Waals surface area contributed by atoms with Crippen molar-refractivity contribution in [1.29, 1.82) is 0 Å². The fourth-order valence-electron chi connectivity index (χ4n) is 3.00. The number of aromatic nitrogens is 1.